The van der Waals surface area contributed by atoms with Crippen LogP contribution in [0.1, 0.15) is 5.56 Å². The van der Waals surface area contributed by atoms with Crippen LogP contribution in [0.2, 0.25) is 0 Å². The van der Waals surface area contributed by atoms with Gasteiger partial charge in [-0.05, 0) is 18.2 Å². The highest BCUT2D eigenvalue weighted by molar-refractivity contribution is 5.47. The molecule has 2 heterocycles. The molecule has 0 saturated carbocycles. The monoisotopic (exact) mass is 258 g/mol. The van der Waals surface area contributed by atoms with E-state index in [1.54, 1.807) is 6.20 Å². The largest absolute Gasteiger partial charge is 0.489 e. The SMILES string of the molecule is CNc1ncccc1COc1ccc2c(c1)OCO2. The molecule has 3 rings (SSSR count). The van der Waals surface area contributed by atoms with Crippen molar-refractivity contribution in [3.8, 4) is 17.2 Å². The second kappa shape index (κ2) is 5.06. The lowest BCUT2D eigenvalue weighted by molar-refractivity contribution is 0.173. The first-order valence-corrected chi connectivity index (χ1v) is 6.01. The molecule has 19 heavy (non-hydrogen) atoms. The van der Waals surface area contributed by atoms with Gasteiger partial charge in [0.1, 0.15) is 18.2 Å². The first-order chi connectivity index (χ1) is 9.36. The zero-order valence-corrected chi connectivity index (χ0v) is 10.6. The quantitative estimate of drug-likeness (QED) is 0.912. The van der Waals surface area contributed by atoms with Crippen LogP contribution in [0.25, 0.3) is 0 Å². The number of aromatic nitrogens is 1. The van der Waals surface area contributed by atoms with E-state index in [1.807, 2.05) is 37.4 Å². The maximum Gasteiger partial charge on any atom is 0.231 e. The van der Waals surface area contributed by atoms with Gasteiger partial charge in [0, 0.05) is 24.9 Å². The molecule has 0 aliphatic carbocycles. The normalized spacial score (nSPS) is 12.3. The van der Waals surface area contributed by atoms with Gasteiger partial charge in [-0.2, -0.15) is 0 Å². The van der Waals surface area contributed by atoms with Gasteiger partial charge in [-0.25, -0.2) is 4.98 Å². The minimum atomic E-state index is 0.269. The molecule has 0 unspecified atom stereocenters. The third kappa shape index (κ3) is 2.40. The average molecular weight is 258 g/mol. The smallest absolute Gasteiger partial charge is 0.231 e. The molecule has 0 fully saturated rings. The predicted octanol–water partition coefficient (Wildman–Crippen LogP) is 2.43. The fourth-order valence-corrected chi connectivity index (χ4v) is 1.91. The van der Waals surface area contributed by atoms with E-state index >= 15 is 0 Å². The number of hydrogen-bond acceptors (Lipinski definition) is 5. The molecule has 1 N–H and O–H groups in total. The van der Waals surface area contributed by atoms with Gasteiger partial charge < -0.3 is 19.5 Å². The van der Waals surface area contributed by atoms with Crippen molar-refractivity contribution in [2.45, 2.75) is 6.61 Å². The van der Waals surface area contributed by atoms with Gasteiger partial charge in [0.15, 0.2) is 11.5 Å². The van der Waals surface area contributed by atoms with Crippen molar-refractivity contribution in [2.75, 3.05) is 19.2 Å². The molecule has 0 amide bonds. The first kappa shape index (κ1) is 11.6. The van der Waals surface area contributed by atoms with Gasteiger partial charge in [0.05, 0.1) is 0 Å². The van der Waals surface area contributed by atoms with E-state index < -0.39 is 0 Å². The number of nitrogens with zero attached hydrogens (tertiary/aromatic N) is 1. The molecule has 0 spiro atoms. The molecule has 0 bridgehead atoms. The third-order valence-electron chi connectivity index (χ3n) is 2.87. The van der Waals surface area contributed by atoms with E-state index in [1.165, 1.54) is 0 Å². The molecular formula is C14H14N2O3. The molecule has 0 radical (unpaired) electrons. The van der Waals surface area contributed by atoms with Crippen LogP contribution in [0.15, 0.2) is 36.5 Å². The third-order valence-corrected chi connectivity index (χ3v) is 2.87. The Morgan fingerprint density at radius 1 is 1.26 bits per heavy atom. The molecule has 1 aromatic heterocycles. The zero-order valence-electron chi connectivity index (χ0n) is 10.6. The Balaban J connectivity index is 1.72. The molecular weight excluding hydrogens is 244 g/mol. The maximum absolute atomic E-state index is 5.74. The fourth-order valence-electron chi connectivity index (χ4n) is 1.91. The van der Waals surface area contributed by atoms with Crippen molar-refractivity contribution in [2.24, 2.45) is 0 Å². The second-order valence-electron chi connectivity index (χ2n) is 4.06. The number of nitrogens with one attached hydrogen (secondary N) is 1. The van der Waals surface area contributed by atoms with Crippen LogP contribution in [0.5, 0.6) is 17.2 Å². The Bertz CT molecular complexity index is 587. The number of hydrogen-bond donors (Lipinski definition) is 1. The summed E-state index contributed by atoms with van der Waals surface area (Å²) in [7, 11) is 1.84. The summed E-state index contributed by atoms with van der Waals surface area (Å²) in [5.41, 5.74) is 1.00. The number of pyridine rings is 1. The molecule has 98 valence electrons. The van der Waals surface area contributed by atoms with Crippen LogP contribution in [0, 0.1) is 0 Å². The highest BCUT2D eigenvalue weighted by Gasteiger charge is 2.13. The van der Waals surface area contributed by atoms with Gasteiger partial charge in [-0.3, -0.25) is 0 Å². The zero-order chi connectivity index (χ0) is 13.1. The molecule has 1 aromatic carbocycles. The van der Waals surface area contributed by atoms with Crippen molar-refractivity contribution in [3.05, 3.63) is 42.1 Å². The second-order valence-corrected chi connectivity index (χ2v) is 4.06. The number of fused-ring (bicyclic) bond motifs is 1. The average Bonchev–Trinajstić information content (AvgIpc) is 2.93. The van der Waals surface area contributed by atoms with E-state index in [9.17, 15) is 0 Å². The standard InChI is InChI=1S/C14H14N2O3/c1-15-14-10(3-2-6-16-14)8-17-11-4-5-12-13(7-11)19-9-18-12/h2-7H,8-9H2,1H3,(H,15,16). The highest BCUT2D eigenvalue weighted by atomic mass is 16.7. The van der Waals surface area contributed by atoms with Crippen LogP contribution < -0.4 is 19.5 Å². The van der Waals surface area contributed by atoms with Crippen molar-refractivity contribution in [1.29, 1.82) is 0 Å². The minimum Gasteiger partial charge on any atom is -0.489 e. The van der Waals surface area contributed by atoms with Gasteiger partial charge >= 0.3 is 0 Å². The van der Waals surface area contributed by atoms with Crippen LogP contribution in [-0.4, -0.2) is 18.8 Å². The van der Waals surface area contributed by atoms with Crippen molar-refractivity contribution in [3.63, 3.8) is 0 Å². The molecule has 1 aliphatic heterocycles. The van der Waals surface area contributed by atoms with E-state index in [2.05, 4.69) is 10.3 Å². The van der Waals surface area contributed by atoms with Gasteiger partial charge in [-0.15, -0.1) is 0 Å². The summed E-state index contributed by atoms with van der Waals surface area (Å²) in [5, 5.41) is 3.04. The lowest BCUT2D eigenvalue weighted by Crippen LogP contribution is -2.02. The van der Waals surface area contributed by atoms with E-state index in [4.69, 9.17) is 14.2 Å². The molecule has 1 aliphatic rings. The summed E-state index contributed by atoms with van der Waals surface area (Å²) in [4.78, 5) is 4.23. The molecule has 0 atom stereocenters. The Morgan fingerprint density at radius 2 is 2.16 bits per heavy atom. The molecule has 5 nitrogen and oxygen atoms in total. The Hall–Kier alpha value is -2.43. The Kier molecular flexibility index (Phi) is 3.10. The van der Waals surface area contributed by atoms with E-state index in [0.717, 1.165) is 28.6 Å². The summed E-state index contributed by atoms with van der Waals surface area (Å²) >= 11 is 0. The number of benzene rings is 1. The number of anilines is 1. The summed E-state index contributed by atoms with van der Waals surface area (Å²) in [6.45, 7) is 0.717. The number of ether oxygens (including phenoxy) is 3. The van der Waals surface area contributed by atoms with Crippen LogP contribution >= 0.6 is 0 Å². The minimum absolute atomic E-state index is 0.269. The van der Waals surface area contributed by atoms with Crippen LogP contribution in [0.3, 0.4) is 0 Å². The molecule has 2 aromatic rings. The topological polar surface area (TPSA) is 52.6 Å². The molecule has 0 saturated heterocycles. The lowest BCUT2D eigenvalue weighted by atomic mass is 10.2. The summed E-state index contributed by atoms with van der Waals surface area (Å²) in [6, 6.07) is 9.41. The Morgan fingerprint density at radius 3 is 3.05 bits per heavy atom. The van der Waals surface area contributed by atoms with Crippen LogP contribution in [0.4, 0.5) is 5.82 Å². The van der Waals surface area contributed by atoms with Crippen LogP contribution in [-0.2, 0) is 6.61 Å². The fraction of sp³-hybridized carbons (Fsp3) is 0.214. The Labute approximate surface area is 111 Å². The van der Waals surface area contributed by atoms with Crippen molar-refractivity contribution >= 4 is 5.82 Å². The van der Waals surface area contributed by atoms with E-state index in [-0.39, 0.29) is 6.79 Å². The highest BCUT2D eigenvalue weighted by Crippen LogP contribution is 2.35. The number of rotatable bonds is 4. The summed E-state index contributed by atoms with van der Waals surface area (Å²) in [5.74, 6) is 3.04. The predicted molar refractivity (Wildman–Crippen MR) is 70.7 cm³/mol. The van der Waals surface area contributed by atoms with Gasteiger partial charge in [-0.1, -0.05) is 6.07 Å². The maximum atomic E-state index is 5.74. The van der Waals surface area contributed by atoms with Gasteiger partial charge in [0.25, 0.3) is 0 Å². The lowest BCUT2D eigenvalue weighted by Gasteiger charge is -2.10. The summed E-state index contributed by atoms with van der Waals surface area (Å²) < 4.78 is 16.3. The summed E-state index contributed by atoms with van der Waals surface area (Å²) in [6.07, 6.45) is 1.75. The first-order valence-electron chi connectivity index (χ1n) is 6.01. The van der Waals surface area contributed by atoms with Crippen molar-refractivity contribution in [1.82, 2.24) is 4.98 Å². The van der Waals surface area contributed by atoms with E-state index in [0.29, 0.717) is 6.61 Å². The van der Waals surface area contributed by atoms with Crippen molar-refractivity contribution < 1.29 is 14.2 Å². The molecule has 5 heteroatoms. The van der Waals surface area contributed by atoms with Gasteiger partial charge in [0.2, 0.25) is 6.79 Å².